The van der Waals surface area contributed by atoms with Crippen LogP contribution >= 0.6 is 11.6 Å². The zero-order valence-electron chi connectivity index (χ0n) is 7.75. The third-order valence-electron chi connectivity index (χ3n) is 2.97. The fraction of sp³-hybridized carbons (Fsp3) is 0.778. The summed E-state index contributed by atoms with van der Waals surface area (Å²) in [5.41, 5.74) is 0. The van der Waals surface area contributed by atoms with E-state index in [1.165, 1.54) is 0 Å². The maximum atomic E-state index is 11.4. The highest BCUT2D eigenvalue weighted by Crippen LogP contribution is 2.31. The summed E-state index contributed by atoms with van der Waals surface area (Å²) in [6, 6.07) is -0.806. The molecule has 14 heavy (non-hydrogen) atoms. The van der Waals surface area contributed by atoms with E-state index >= 15 is 0 Å². The standard InChI is InChI=1S/C9H13ClN2O2/c10-6-4-2-1-3-5(6)7-8(13)12-9(14)11-7/h5-7H,1-4H2,(H2,11,12,13,14)/t5-,6+,7-/m1/s1. The topological polar surface area (TPSA) is 58.2 Å². The van der Waals surface area contributed by atoms with Crippen LogP contribution in [-0.2, 0) is 4.79 Å². The molecule has 2 aliphatic rings. The van der Waals surface area contributed by atoms with Crippen molar-refractivity contribution in [3.63, 3.8) is 0 Å². The van der Waals surface area contributed by atoms with Crippen LogP contribution in [0.2, 0.25) is 0 Å². The Balaban J connectivity index is 2.06. The third-order valence-corrected chi connectivity index (χ3v) is 3.51. The van der Waals surface area contributed by atoms with Gasteiger partial charge in [0.1, 0.15) is 6.04 Å². The van der Waals surface area contributed by atoms with E-state index in [4.69, 9.17) is 11.6 Å². The molecular formula is C9H13ClN2O2. The Morgan fingerprint density at radius 3 is 2.50 bits per heavy atom. The van der Waals surface area contributed by atoms with E-state index in [0.717, 1.165) is 25.7 Å². The van der Waals surface area contributed by atoms with Crippen LogP contribution in [0.3, 0.4) is 0 Å². The van der Waals surface area contributed by atoms with Crippen molar-refractivity contribution in [3.8, 4) is 0 Å². The molecule has 1 saturated carbocycles. The van der Waals surface area contributed by atoms with Gasteiger partial charge in [0, 0.05) is 11.3 Å². The Morgan fingerprint density at radius 1 is 1.21 bits per heavy atom. The van der Waals surface area contributed by atoms with Crippen LogP contribution < -0.4 is 10.6 Å². The van der Waals surface area contributed by atoms with Gasteiger partial charge in [-0.25, -0.2) is 4.79 Å². The molecule has 2 fully saturated rings. The highest BCUT2D eigenvalue weighted by Gasteiger charge is 2.40. The van der Waals surface area contributed by atoms with E-state index in [0.29, 0.717) is 0 Å². The number of hydrogen-bond acceptors (Lipinski definition) is 2. The average molecular weight is 217 g/mol. The molecule has 2 N–H and O–H groups in total. The number of imide groups is 1. The van der Waals surface area contributed by atoms with E-state index in [1.54, 1.807) is 0 Å². The molecule has 0 spiro atoms. The molecule has 5 heteroatoms. The molecule has 0 aromatic heterocycles. The van der Waals surface area contributed by atoms with Crippen LogP contribution in [0.15, 0.2) is 0 Å². The summed E-state index contributed by atoms with van der Waals surface area (Å²) in [6.07, 6.45) is 4.07. The fourth-order valence-corrected chi connectivity index (χ4v) is 2.65. The normalized spacial score (nSPS) is 37.9. The van der Waals surface area contributed by atoms with Gasteiger partial charge in [-0.1, -0.05) is 12.8 Å². The number of amides is 3. The Kier molecular flexibility index (Phi) is 2.63. The van der Waals surface area contributed by atoms with Crippen LogP contribution in [-0.4, -0.2) is 23.4 Å². The summed E-state index contributed by atoms with van der Waals surface area (Å²) in [6.45, 7) is 0. The van der Waals surface area contributed by atoms with E-state index < -0.39 is 12.1 Å². The van der Waals surface area contributed by atoms with Crippen molar-refractivity contribution in [2.75, 3.05) is 0 Å². The first-order valence-corrected chi connectivity index (χ1v) is 5.37. The Morgan fingerprint density at radius 2 is 1.93 bits per heavy atom. The Labute approximate surface area is 87.4 Å². The maximum absolute atomic E-state index is 11.4. The average Bonchev–Trinajstić information content (AvgIpc) is 2.46. The van der Waals surface area contributed by atoms with Gasteiger partial charge in [-0.2, -0.15) is 0 Å². The van der Waals surface area contributed by atoms with E-state index in [1.807, 2.05) is 0 Å². The molecule has 3 atom stereocenters. The van der Waals surface area contributed by atoms with Crippen molar-refractivity contribution >= 4 is 23.5 Å². The number of carbonyl (C=O) groups excluding carboxylic acids is 2. The van der Waals surface area contributed by atoms with Gasteiger partial charge in [-0.05, 0) is 12.8 Å². The summed E-state index contributed by atoms with van der Waals surface area (Å²) in [7, 11) is 0. The van der Waals surface area contributed by atoms with Crippen LogP contribution in [0.5, 0.6) is 0 Å². The smallest absolute Gasteiger partial charge is 0.322 e. The summed E-state index contributed by atoms with van der Waals surface area (Å²) < 4.78 is 0. The first kappa shape index (κ1) is 9.77. The molecule has 0 aromatic rings. The highest BCUT2D eigenvalue weighted by molar-refractivity contribution is 6.21. The molecule has 4 nitrogen and oxygen atoms in total. The first-order valence-electron chi connectivity index (χ1n) is 4.94. The second kappa shape index (κ2) is 3.77. The molecule has 3 amide bonds. The second-order valence-electron chi connectivity index (χ2n) is 3.90. The lowest BCUT2D eigenvalue weighted by molar-refractivity contribution is -0.121. The van der Waals surface area contributed by atoms with E-state index in [-0.39, 0.29) is 17.2 Å². The van der Waals surface area contributed by atoms with Crippen molar-refractivity contribution < 1.29 is 9.59 Å². The molecule has 78 valence electrons. The molecule has 0 aromatic carbocycles. The number of urea groups is 1. The van der Waals surface area contributed by atoms with Crippen molar-refractivity contribution in [1.29, 1.82) is 0 Å². The second-order valence-corrected chi connectivity index (χ2v) is 4.47. The van der Waals surface area contributed by atoms with Crippen LogP contribution in [0.25, 0.3) is 0 Å². The summed E-state index contributed by atoms with van der Waals surface area (Å²) in [5.74, 6) is -0.135. The van der Waals surface area contributed by atoms with Gasteiger partial charge in [0.05, 0.1) is 0 Å². The first-order chi connectivity index (χ1) is 6.68. The zero-order chi connectivity index (χ0) is 10.1. The van der Waals surface area contributed by atoms with Gasteiger partial charge in [0.15, 0.2) is 0 Å². The molecule has 1 heterocycles. The van der Waals surface area contributed by atoms with Crippen LogP contribution in [0.4, 0.5) is 4.79 Å². The molecule has 2 rings (SSSR count). The monoisotopic (exact) mass is 216 g/mol. The zero-order valence-corrected chi connectivity index (χ0v) is 8.51. The van der Waals surface area contributed by atoms with Crippen molar-refractivity contribution in [3.05, 3.63) is 0 Å². The minimum absolute atomic E-state index is 0.0119. The quantitative estimate of drug-likeness (QED) is 0.507. The molecule has 0 bridgehead atoms. The molecule has 0 unspecified atom stereocenters. The predicted octanol–water partition coefficient (Wildman–Crippen LogP) is 0.992. The molecule has 0 radical (unpaired) electrons. The van der Waals surface area contributed by atoms with E-state index in [9.17, 15) is 9.59 Å². The lowest BCUT2D eigenvalue weighted by Crippen LogP contribution is -2.42. The van der Waals surface area contributed by atoms with Crippen LogP contribution in [0.1, 0.15) is 25.7 Å². The van der Waals surface area contributed by atoms with Crippen LogP contribution in [0, 0.1) is 5.92 Å². The minimum atomic E-state index is -0.412. The molecule has 1 aliphatic heterocycles. The van der Waals surface area contributed by atoms with Crippen molar-refractivity contribution in [1.82, 2.24) is 10.6 Å². The van der Waals surface area contributed by atoms with Gasteiger partial charge in [0.25, 0.3) is 5.91 Å². The fourth-order valence-electron chi connectivity index (χ4n) is 2.22. The molecular weight excluding hydrogens is 204 g/mol. The summed E-state index contributed by atoms with van der Waals surface area (Å²) in [4.78, 5) is 22.3. The molecule has 1 saturated heterocycles. The number of carbonyl (C=O) groups is 2. The largest absolute Gasteiger partial charge is 0.326 e. The lowest BCUT2D eigenvalue weighted by Gasteiger charge is -2.29. The van der Waals surface area contributed by atoms with E-state index in [2.05, 4.69) is 10.6 Å². The summed E-state index contributed by atoms with van der Waals surface area (Å²) >= 11 is 6.14. The molecule has 1 aliphatic carbocycles. The SMILES string of the molecule is O=C1NC(=O)[C@@H]([C@@H]2CCCC[C@@H]2Cl)N1. The third kappa shape index (κ3) is 1.71. The number of hydrogen-bond donors (Lipinski definition) is 2. The maximum Gasteiger partial charge on any atom is 0.322 e. The number of halogens is 1. The minimum Gasteiger partial charge on any atom is -0.326 e. The van der Waals surface area contributed by atoms with Gasteiger partial charge in [-0.15, -0.1) is 11.6 Å². The number of alkyl halides is 1. The highest BCUT2D eigenvalue weighted by atomic mass is 35.5. The van der Waals surface area contributed by atoms with Crippen molar-refractivity contribution in [2.24, 2.45) is 5.92 Å². The Bertz CT molecular complexity index is 270. The number of nitrogens with one attached hydrogen (secondary N) is 2. The lowest BCUT2D eigenvalue weighted by atomic mass is 9.83. The Hall–Kier alpha value is -0.770. The van der Waals surface area contributed by atoms with Gasteiger partial charge >= 0.3 is 6.03 Å². The van der Waals surface area contributed by atoms with Gasteiger partial charge < -0.3 is 5.32 Å². The van der Waals surface area contributed by atoms with Gasteiger partial charge in [-0.3, -0.25) is 10.1 Å². The van der Waals surface area contributed by atoms with Crippen molar-refractivity contribution in [2.45, 2.75) is 37.1 Å². The predicted molar refractivity (Wildman–Crippen MR) is 52.1 cm³/mol. The number of rotatable bonds is 1. The van der Waals surface area contributed by atoms with Gasteiger partial charge in [0.2, 0.25) is 0 Å². The summed E-state index contributed by atoms with van der Waals surface area (Å²) in [5, 5.41) is 4.87.